The summed E-state index contributed by atoms with van der Waals surface area (Å²) in [6, 6.07) is 0.729. The number of nitrogens with zero attached hydrogens (tertiary/aromatic N) is 1. The van der Waals surface area contributed by atoms with Crippen molar-refractivity contribution in [1.82, 2.24) is 10.2 Å². The van der Waals surface area contributed by atoms with Crippen molar-refractivity contribution >= 4 is 11.8 Å². The summed E-state index contributed by atoms with van der Waals surface area (Å²) >= 11 is 2.10. The van der Waals surface area contributed by atoms with E-state index in [1.165, 1.54) is 63.4 Å². The van der Waals surface area contributed by atoms with Gasteiger partial charge in [-0.3, -0.25) is 0 Å². The standard InChI is InChI=1S/C13H28N2S/c1-3-5-8-15(9-6-4-2)11-13-12-16-10-7-14-13/h13-14H,3-12H2,1-2H3. The molecule has 0 aromatic rings. The molecule has 1 aliphatic heterocycles. The normalized spacial score (nSPS) is 21.6. The van der Waals surface area contributed by atoms with Crippen molar-refractivity contribution < 1.29 is 0 Å². The van der Waals surface area contributed by atoms with Crippen molar-refractivity contribution in [3.05, 3.63) is 0 Å². The van der Waals surface area contributed by atoms with E-state index in [1.807, 2.05) is 0 Å². The summed E-state index contributed by atoms with van der Waals surface area (Å²) in [6.07, 6.45) is 5.33. The minimum absolute atomic E-state index is 0.729. The van der Waals surface area contributed by atoms with E-state index in [0.29, 0.717) is 0 Å². The zero-order valence-electron chi connectivity index (χ0n) is 11.0. The molecule has 3 heteroatoms. The molecule has 96 valence electrons. The summed E-state index contributed by atoms with van der Waals surface area (Å²) in [5.74, 6) is 2.59. The highest BCUT2D eigenvalue weighted by atomic mass is 32.2. The Labute approximate surface area is 106 Å². The van der Waals surface area contributed by atoms with Crippen LogP contribution in [0.5, 0.6) is 0 Å². The topological polar surface area (TPSA) is 15.3 Å². The van der Waals surface area contributed by atoms with Gasteiger partial charge in [-0.15, -0.1) is 0 Å². The Balaban J connectivity index is 2.23. The number of unbranched alkanes of at least 4 members (excludes halogenated alkanes) is 2. The lowest BCUT2D eigenvalue weighted by atomic mass is 10.2. The number of rotatable bonds is 8. The van der Waals surface area contributed by atoms with Crippen LogP contribution in [0.1, 0.15) is 39.5 Å². The highest BCUT2D eigenvalue weighted by Crippen LogP contribution is 2.10. The first kappa shape index (κ1) is 14.3. The Hall–Kier alpha value is 0.270. The molecule has 1 saturated heterocycles. The molecular formula is C13H28N2S. The molecule has 2 nitrogen and oxygen atoms in total. The Morgan fingerprint density at radius 2 is 1.88 bits per heavy atom. The van der Waals surface area contributed by atoms with Crippen LogP contribution < -0.4 is 5.32 Å². The maximum Gasteiger partial charge on any atom is 0.0285 e. The van der Waals surface area contributed by atoms with Crippen LogP contribution in [-0.2, 0) is 0 Å². The first-order valence-corrected chi connectivity index (χ1v) is 8.05. The van der Waals surface area contributed by atoms with Crippen LogP contribution in [0.15, 0.2) is 0 Å². The molecule has 1 N–H and O–H groups in total. The van der Waals surface area contributed by atoms with E-state index in [-0.39, 0.29) is 0 Å². The second-order valence-electron chi connectivity index (χ2n) is 4.73. The van der Waals surface area contributed by atoms with Crippen molar-refractivity contribution in [3.63, 3.8) is 0 Å². The molecule has 0 bridgehead atoms. The number of hydrogen-bond acceptors (Lipinski definition) is 3. The molecule has 1 atom stereocenters. The van der Waals surface area contributed by atoms with Gasteiger partial charge in [0.1, 0.15) is 0 Å². The maximum atomic E-state index is 3.64. The molecule has 1 unspecified atom stereocenters. The van der Waals surface area contributed by atoms with E-state index < -0.39 is 0 Å². The molecular weight excluding hydrogens is 216 g/mol. The summed E-state index contributed by atoms with van der Waals surface area (Å²) in [5.41, 5.74) is 0. The van der Waals surface area contributed by atoms with Gasteiger partial charge in [0.15, 0.2) is 0 Å². The lowest BCUT2D eigenvalue weighted by molar-refractivity contribution is 0.241. The van der Waals surface area contributed by atoms with Gasteiger partial charge in [-0.2, -0.15) is 11.8 Å². The molecule has 0 amide bonds. The third-order valence-electron chi connectivity index (χ3n) is 3.13. The van der Waals surface area contributed by atoms with E-state index in [4.69, 9.17) is 0 Å². The van der Waals surface area contributed by atoms with Gasteiger partial charge in [0.25, 0.3) is 0 Å². The molecule has 0 spiro atoms. The van der Waals surface area contributed by atoms with Crippen molar-refractivity contribution in [3.8, 4) is 0 Å². The fourth-order valence-electron chi connectivity index (χ4n) is 2.11. The molecule has 0 aromatic carbocycles. The van der Waals surface area contributed by atoms with Crippen LogP contribution in [0, 0.1) is 0 Å². The van der Waals surface area contributed by atoms with Gasteiger partial charge >= 0.3 is 0 Å². The Morgan fingerprint density at radius 3 is 2.38 bits per heavy atom. The Kier molecular flexibility index (Phi) is 8.34. The van der Waals surface area contributed by atoms with Crippen molar-refractivity contribution in [2.45, 2.75) is 45.6 Å². The molecule has 16 heavy (non-hydrogen) atoms. The fourth-order valence-corrected chi connectivity index (χ4v) is 3.04. The molecule has 1 rings (SSSR count). The van der Waals surface area contributed by atoms with Crippen LogP contribution in [0.4, 0.5) is 0 Å². The highest BCUT2D eigenvalue weighted by Gasteiger charge is 2.16. The van der Waals surface area contributed by atoms with Gasteiger partial charge in [0.05, 0.1) is 0 Å². The predicted molar refractivity (Wildman–Crippen MR) is 75.4 cm³/mol. The fraction of sp³-hybridized carbons (Fsp3) is 1.00. The summed E-state index contributed by atoms with van der Waals surface area (Å²) in [7, 11) is 0. The third-order valence-corrected chi connectivity index (χ3v) is 4.26. The number of nitrogens with one attached hydrogen (secondary N) is 1. The summed E-state index contributed by atoms with van der Waals surface area (Å²) in [6.45, 7) is 9.61. The van der Waals surface area contributed by atoms with E-state index in [9.17, 15) is 0 Å². The average Bonchev–Trinajstić information content (AvgIpc) is 2.34. The molecule has 1 heterocycles. The predicted octanol–water partition coefficient (Wildman–Crippen LogP) is 2.59. The molecule has 0 radical (unpaired) electrons. The Morgan fingerprint density at radius 1 is 1.19 bits per heavy atom. The summed E-state index contributed by atoms with van der Waals surface area (Å²) < 4.78 is 0. The van der Waals surface area contributed by atoms with E-state index in [1.54, 1.807) is 0 Å². The van der Waals surface area contributed by atoms with Gasteiger partial charge in [-0.1, -0.05) is 26.7 Å². The lowest BCUT2D eigenvalue weighted by Gasteiger charge is -2.30. The monoisotopic (exact) mass is 244 g/mol. The van der Waals surface area contributed by atoms with Gasteiger partial charge in [-0.25, -0.2) is 0 Å². The second-order valence-corrected chi connectivity index (χ2v) is 5.88. The lowest BCUT2D eigenvalue weighted by Crippen LogP contribution is -2.46. The van der Waals surface area contributed by atoms with Crippen molar-refractivity contribution in [2.24, 2.45) is 0 Å². The quantitative estimate of drug-likeness (QED) is 0.706. The number of thioether (sulfide) groups is 1. The largest absolute Gasteiger partial charge is 0.311 e. The van der Waals surface area contributed by atoms with Crippen LogP contribution in [-0.4, -0.2) is 48.6 Å². The summed E-state index contributed by atoms with van der Waals surface area (Å²) in [4.78, 5) is 2.66. The smallest absolute Gasteiger partial charge is 0.0285 e. The van der Waals surface area contributed by atoms with E-state index >= 15 is 0 Å². The molecule has 0 saturated carbocycles. The van der Waals surface area contributed by atoms with Crippen LogP contribution >= 0.6 is 11.8 Å². The SMILES string of the molecule is CCCCN(CCCC)CC1CSCCN1. The zero-order valence-corrected chi connectivity index (χ0v) is 11.8. The van der Waals surface area contributed by atoms with Gasteiger partial charge in [0, 0.05) is 30.6 Å². The van der Waals surface area contributed by atoms with Gasteiger partial charge < -0.3 is 10.2 Å². The molecule has 1 fully saturated rings. The molecule has 1 aliphatic rings. The van der Waals surface area contributed by atoms with Crippen LogP contribution in [0.2, 0.25) is 0 Å². The molecule has 0 aromatic heterocycles. The average molecular weight is 244 g/mol. The number of hydrogen-bond donors (Lipinski definition) is 1. The van der Waals surface area contributed by atoms with Crippen LogP contribution in [0.3, 0.4) is 0 Å². The summed E-state index contributed by atoms with van der Waals surface area (Å²) in [5, 5.41) is 3.64. The highest BCUT2D eigenvalue weighted by molar-refractivity contribution is 7.99. The second kappa shape index (κ2) is 9.32. The van der Waals surface area contributed by atoms with Crippen molar-refractivity contribution in [1.29, 1.82) is 0 Å². The minimum Gasteiger partial charge on any atom is -0.311 e. The Bertz CT molecular complexity index is 150. The zero-order chi connectivity index (χ0) is 11.6. The maximum absolute atomic E-state index is 3.64. The first-order valence-electron chi connectivity index (χ1n) is 6.90. The third kappa shape index (κ3) is 6.12. The minimum atomic E-state index is 0.729. The van der Waals surface area contributed by atoms with Crippen molar-refractivity contribution in [2.75, 3.05) is 37.7 Å². The van der Waals surface area contributed by atoms with Gasteiger partial charge in [-0.05, 0) is 25.9 Å². The van der Waals surface area contributed by atoms with Gasteiger partial charge in [0.2, 0.25) is 0 Å². The molecule has 0 aliphatic carbocycles. The van der Waals surface area contributed by atoms with Crippen LogP contribution in [0.25, 0.3) is 0 Å². The van der Waals surface area contributed by atoms with E-state index in [2.05, 4.69) is 35.8 Å². The first-order chi connectivity index (χ1) is 7.86. The van der Waals surface area contributed by atoms with E-state index in [0.717, 1.165) is 6.04 Å².